The van der Waals surface area contributed by atoms with Gasteiger partial charge in [0.25, 0.3) is 0 Å². The van der Waals surface area contributed by atoms with Crippen molar-refractivity contribution in [1.29, 1.82) is 0 Å². The van der Waals surface area contributed by atoms with Gasteiger partial charge in [-0.2, -0.15) is 0 Å². The minimum Gasteiger partial charge on any atom is -0.478 e. The fourth-order valence-corrected chi connectivity index (χ4v) is 1.78. The number of benzene rings is 1. The normalized spacial score (nSPS) is 12.7. The van der Waals surface area contributed by atoms with Gasteiger partial charge >= 0.3 is 5.97 Å². The summed E-state index contributed by atoms with van der Waals surface area (Å²) in [5.74, 6) is -0.432. The van der Waals surface area contributed by atoms with Crippen molar-refractivity contribution in [2.45, 2.75) is 32.9 Å². The molecular formula is C14H21NO3. The number of carbonyl (C=O) groups is 1. The smallest absolute Gasteiger partial charge is 0.335 e. The third-order valence-corrected chi connectivity index (χ3v) is 2.65. The van der Waals surface area contributed by atoms with Crippen LogP contribution in [0.15, 0.2) is 24.3 Å². The first kappa shape index (κ1) is 14.7. The van der Waals surface area contributed by atoms with Gasteiger partial charge in [-0.05, 0) is 30.0 Å². The Kier molecular flexibility index (Phi) is 5.82. The number of aliphatic hydroxyl groups is 1. The number of hydrogen-bond donors (Lipinski definition) is 3. The summed E-state index contributed by atoms with van der Waals surface area (Å²) in [5, 5.41) is 21.6. The van der Waals surface area contributed by atoms with Crippen LogP contribution in [0.1, 0.15) is 36.2 Å². The monoisotopic (exact) mass is 251 g/mol. The molecule has 1 aromatic carbocycles. The van der Waals surface area contributed by atoms with Crippen LogP contribution in [0.4, 0.5) is 0 Å². The Bertz CT molecular complexity index is 373. The Labute approximate surface area is 108 Å². The van der Waals surface area contributed by atoms with Crippen molar-refractivity contribution in [2.24, 2.45) is 5.92 Å². The highest BCUT2D eigenvalue weighted by Gasteiger charge is 2.06. The lowest BCUT2D eigenvalue weighted by molar-refractivity contribution is 0.0697. The largest absolute Gasteiger partial charge is 0.478 e. The molecule has 0 saturated heterocycles. The standard InChI is InChI=1S/C14H21NO3/c1-10(2)7-13(16)9-15-8-11-3-5-12(6-4-11)14(17)18/h3-6,10,13,15-16H,7-9H2,1-2H3,(H,17,18). The van der Waals surface area contributed by atoms with Gasteiger partial charge < -0.3 is 15.5 Å². The summed E-state index contributed by atoms with van der Waals surface area (Å²) < 4.78 is 0. The molecule has 0 spiro atoms. The molecule has 0 heterocycles. The van der Waals surface area contributed by atoms with Crippen molar-refractivity contribution in [3.63, 3.8) is 0 Å². The van der Waals surface area contributed by atoms with Gasteiger partial charge in [0.2, 0.25) is 0 Å². The topological polar surface area (TPSA) is 69.6 Å². The van der Waals surface area contributed by atoms with Crippen LogP contribution in [0, 0.1) is 5.92 Å². The highest BCUT2D eigenvalue weighted by atomic mass is 16.4. The molecule has 4 heteroatoms. The molecule has 0 fully saturated rings. The van der Waals surface area contributed by atoms with Crippen molar-refractivity contribution in [3.8, 4) is 0 Å². The number of hydrogen-bond acceptors (Lipinski definition) is 3. The zero-order valence-corrected chi connectivity index (χ0v) is 10.9. The number of carboxylic acids is 1. The van der Waals surface area contributed by atoms with E-state index < -0.39 is 5.97 Å². The van der Waals surface area contributed by atoms with Crippen LogP contribution in [0.3, 0.4) is 0 Å². The molecule has 0 aromatic heterocycles. The SMILES string of the molecule is CC(C)CC(O)CNCc1ccc(C(=O)O)cc1. The van der Waals surface area contributed by atoms with E-state index in [9.17, 15) is 9.90 Å². The minimum absolute atomic E-state index is 0.290. The van der Waals surface area contributed by atoms with Gasteiger partial charge in [-0.1, -0.05) is 26.0 Å². The second kappa shape index (κ2) is 7.13. The van der Waals surface area contributed by atoms with Gasteiger partial charge in [-0.15, -0.1) is 0 Å². The summed E-state index contributed by atoms with van der Waals surface area (Å²) >= 11 is 0. The maximum absolute atomic E-state index is 10.7. The van der Waals surface area contributed by atoms with Crippen LogP contribution in [-0.4, -0.2) is 28.8 Å². The molecule has 1 unspecified atom stereocenters. The average Bonchev–Trinajstić information content (AvgIpc) is 2.28. The lowest BCUT2D eigenvalue weighted by Crippen LogP contribution is -2.27. The predicted octanol–water partition coefficient (Wildman–Crippen LogP) is 1.88. The van der Waals surface area contributed by atoms with Crippen molar-refractivity contribution in [1.82, 2.24) is 5.32 Å². The van der Waals surface area contributed by atoms with E-state index in [1.807, 2.05) is 0 Å². The highest BCUT2D eigenvalue weighted by molar-refractivity contribution is 5.87. The van der Waals surface area contributed by atoms with E-state index in [0.29, 0.717) is 24.6 Å². The van der Waals surface area contributed by atoms with Crippen molar-refractivity contribution >= 4 is 5.97 Å². The van der Waals surface area contributed by atoms with Crippen LogP contribution in [0.5, 0.6) is 0 Å². The third kappa shape index (κ3) is 5.29. The van der Waals surface area contributed by atoms with Crippen LogP contribution in [0.2, 0.25) is 0 Å². The summed E-state index contributed by atoms with van der Waals surface area (Å²) in [6.07, 6.45) is 0.452. The van der Waals surface area contributed by atoms with E-state index in [1.54, 1.807) is 24.3 Å². The van der Waals surface area contributed by atoms with E-state index in [1.165, 1.54) is 0 Å². The summed E-state index contributed by atoms with van der Waals surface area (Å²) in [6, 6.07) is 6.74. The average molecular weight is 251 g/mol. The second-order valence-electron chi connectivity index (χ2n) is 4.92. The van der Waals surface area contributed by atoms with Gasteiger partial charge in [-0.25, -0.2) is 4.79 Å². The fourth-order valence-electron chi connectivity index (χ4n) is 1.78. The van der Waals surface area contributed by atoms with E-state index in [0.717, 1.165) is 12.0 Å². The Hall–Kier alpha value is -1.39. The molecule has 1 aromatic rings. The quantitative estimate of drug-likeness (QED) is 0.692. The van der Waals surface area contributed by atoms with Crippen LogP contribution in [-0.2, 0) is 6.54 Å². The number of aromatic carboxylic acids is 1. The maximum Gasteiger partial charge on any atom is 0.335 e. The number of carboxylic acid groups (broad SMARTS) is 1. The van der Waals surface area contributed by atoms with E-state index in [4.69, 9.17) is 5.11 Å². The Morgan fingerprint density at radius 2 is 1.89 bits per heavy atom. The molecule has 1 atom stereocenters. The molecule has 1 rings (SSSR count). The summed E-state index contributed by atoms with van der Waals surface area (Å²) in [6.45, 7) is 5.34. The molecule has 0 saturated carbocycles. The first-order chi connectivity index (χ1) is 8.49. The summed E-state index contributed by atoms with van der Waals surface area (Å²) in [4.78, 5) is 10.7. The number of aliphatic hydroxyl groups excluding tert-OH is 1. The molecule has 0 amide bonds. The molecule has 18 heavy (non-hydrogen) atoms. The van der Waals surface area contributed by atoms with Crippen LogP contribution in [0.25, 0.3) is 0 Å². The molecule has 100 valence electrons. The number of nitrogens with one attached hydrogen (secondary N) is 1. The molecule has 0 radical (unpaired) electrons. The van der Waals surface area contributed by atoms with Gasteiger partial charge in [-0.3, -0.25) is 0 Å². The van der Waals surface area contributed by atoms with Gasteiger partial charge in [0.05, 0.1) is 11.7 Å². The molecule has 3 N–H and O–H groups in total. The molecule has 0 aliphatic heterocycles. The third-order valence-electron chi connectivity index (χ3n) is 2.65. The first-order valence-electron chi connectivity index (χ1n) is 6.20. The predicted molar refractivity (Wildman–Crippen MR) is 70.6 cm³/mol. The molecule has 0 bridgehead atoms. The maximum atomic E-state index is 10.7. The summed E-state index contributed by atoms with van der Waals surface area (Å²) in [5.41, 5.74) is 1.30. The minimum atomic E-state index is -0.915. The zero-order chi connectivity index (χ0) is 13.5. The highest BCUT2D eigenvalue weighted by Crippen LogP contribution is 2.06. The van der Waals surface area contributed by atoms with E-state index in [-0.39, 0.29) is 6.10 Å². The van der Waals surface area contributed by atoms with Crippen molar-refractivity contribution in [3.05, 3.63) is 35.4 Å². The Balaban J connectivity index is 2.33. The zero-order valence-electron chi connectivity index (χ0n) is 10.9. The van der Waals surface area contributed by atoms with E-state index >= 15 is 0 Å². The molecular weight excluding hydrogens is 230 g/mol. The lowest BCUT2D eigenvalue weighted by Gasteiger charge is -2.13. The second-order valence-corrected chi connectivity index (χ2v) is 4.92. The molecule has 0 aliphatic rings. The first-order valence-corrected chi connectivity index (χ1v) is 6.20. The van der Waals surface area contributed by atoms with Crippen LogP contribution < -0.4 is 5.32 Å². The summed E-state index contributed by atoms with van der Waals surface area (Å²) in [7, 11) is 0. The van der Waals surface area contributed by atoms with Gasteiger partial charge in [0, 0.05) is 13.1 Å². The van der Waals surface area contributed by atoms with Crippen molar-refractivity contribution in [2.75, 3.05) is 6.54 Å². The van der Waals surface area contributed by atoms with E-state index in [2.05, 4.69) is 19.2 Å². The lowest BCUT2D eigenvalue weighted by atomic mass is 10.1. The Morgan fingerprint density at radius 3 is 2.39 bits per heavy atom. The fraction of sp³-hybridized carbons (Fsp3) is 0.500. The Morgan fingerprint density at radius 1 is 1.28 bits per heavy atom. The van der Waals surface area contributed by atoms with Gasteiger partial charge in [0.15, 0.2) is 0 Å². The van der Waals surface area contributed by atoms with Crippen LogP contribution >= 0.6 is 0 Å². The van der Waals surface area contributed by atoms with Crippen molar-refractivity contribution < 1.29 is 15.0 Å². The number of rotatable bonds is 7. The molecule has 4 nitrogen and oxygen atoms in total. The molecule has 0 aliphatic carbocycles. The van der Waals surface area contributed by atoms with Gasteiger partial charge in [0.1, 0.15) is 0 Å².